The van der Waals surface area contributed by atoms with Crippen molar-refractivity contribution in [1.29, 1.82) is 0 Å². The lowest BCUT2D eigenvalue weighted by atomic mass is 10.2. The molecular formula is C28H28N4O5S2. The predicted molar refractivity (Wildman–Crippen MR) is 152 cm³/mol. The number of carbonyl (C=O) groups excluding carboxylic acids is 1. The maximum Gasteiger partial charge on any atom is 0.280 e. The van der Waals surface area contributed by atoms with Crippen LogP contribution < -0.4 is 9.75 Å². The predicted octanol–water partition coefficient (Wildman–Crippen LogP) is 4.71. The fraction of sp³-hybridized carbons (Fsp3) is 0.250. The molecular weight excluding hydrogens is 536 g/mol. The average molecular weight is 565 g/mol. The Balaban J connectivity index is 1.46. The quantitative estimate of drug-likeness (QED) is 0.227. The summed E-state index contributed by atoms with van der Waals surface area (Å²) in [5.41, 5.74) is 2.92. The highest BCUT2D eigenvalue weighted by Gasteiger charge is 2.27. The summed E-state index contributed by atoms with van der Waals surface area (Å²) in [6.07, 6.45) is 1.59. The van der Waals surface area contributed by atoms with E-state index in [0.717, 1.165) is 27.1 Å². The van der Waals surface area contributed by atoms with Gasteiger partial charge >= 0.3 is 0 Å². The highest BCUT2D eigenvalue weighted by Crippen LogP contribution is 2.31. The zero-order chi connectivity index (χ0) is 27.4. The SMILES string of the molecule is CCOc1ccc(/C=N/N(C(=O)c2ccc(S(=O)(=O)N3CCOCC3)cc2)c2nc3ccc(C)cc3s2)cc1. The summed E-state index contributed by atoms with van der Waals surface area (Å²) in [6.45, 7) is 5.81. The third-order valence-electron chi connectivity index (χ3n) is 6.13. The van der Waals surface area contributed by atoms with Crippen LogP contribution in [0.5, 0.6) is 5.75 Å². The highest BCUT2D eigenvalue weighted by molar-refractivity contribution is 7.89. The molecule has 11 heteroatoms. The van der Waals surface area contributed by atoms with E-state index >= 15 is 0 Å². The number of nitrogens with zero attached hydrogens (tertiary/aromatic N) is 4. The first-order chi connectivity index (χ1) is 18.8. The molecule has 0 atom stereocenters. The van der Waals surface area contributed by atoms with Gasteiger partial charge < -0.3 is 9.47 Å². The number of morpholine rings is 1. The number of hydrogen-bond donors (Lipinski definition) is 0. The fourth-order valence-corrected chi connectivity index (χ4v) is 6.50. The van der Waals surface area contributed by atoms with Crippen LogP contribution in [0.4, 0.5) is 5.13 Å². The van der Waals surface area contributed by atoms with Crippen LogP contribution in [-0.4, -0.2) is 62.7 Å². The van der Waals surface area contributed by atoms with Gasteiger partial charge in [-0.15, -0.1) is 0 Å². The molecule has 1 aliphatic heterocycles. The van der Waals surface area contributed by atoms with Gasteiger partial charge in [-0.25, -0.2) is 13.4 Å². The third-order valence-corrected chi connectivity index (χ3v) is 9.04. The van der Waals surface area contributed by atoms with E-state index in [4.69, 9.17) is 9.47 Å². The largest absolute Gasteiger partial charge is 0.494 e. The summed E-state index contributed by atoms with van der Waals surface area (Å²) in [7, 11) is -3.67. The Kier molecular flexibility index (Phi) is 8.03. The molecule has 2 heterocycles. The molecule has 1 fully saturated rings. The molecule has 4 aromatic rings. The second kappa shape index (κ2) is 11.6. The summed E-state index contributed by atoms with van der Waals surface area (Å²) in [6, 6.07) is 19.2. The monoisotopic (exact) mass is 564 g/mol. The molecule has 0 saturated carbocycles. The molecule has 0 bridgehead atoms. The molecule has 5 rings (SSSR count). The van der Waals surface area contributed by atoms with Gasteiger partial charge in [0.05, 0.1) is 41.1 Å². The van der Waals surface area contributed by atoms with Crippen molar-refractivity contribution in [2.45, 2.75) is 18.7 Å². The number of rotatable bonds is 8. The highest BCUT2D eigenvalue weighted by atomic mass is 32.2. The van der Waals surface area contributed by atoms with Gasteiger partial charge in [-0.2, -0.15) is 14.4 Å². The maximum absolute atomic E-state index is 13.7. The minimum atomic E-state index is -3.67. The van der Waals surface area contributed by atoms with Gasteiger partial charge in [-0.05, 0) is 85.6 Å². The van der Waals surface area contributed by atoms with E-state index in [9.17, 15) is 13.2 Å². The second-order valence-corrected chi connectivity index (χ2v) is 11.8. The zero-order valence-corrected chi connectivity index (χ0v) is 23.2. The number of sulfonamides is 1. The van der Waals surface area contributed by atoms with Crippen LogP contribution in [0.25, 0.3) is 10.2 Å². The molecule has 0 unspecified atom stereocenters. The number of hydrazone groups is 1. The standard InChI is InChI=1S/C28H28N4O5S2/c1-3-37-23-9-5-21(6-10-23)19-29-32(28-30-25-13-4-20(2)18-26(25)38-28)27(33)22-7-11-24(12-8-22)39(34,35)31-14-16-36-17-15-31/h4-13,18-19H,3,14-17H2,1-2H3/b29-19+. The number of anilines is 1. The van der Waals surface area contributed by atoms with E-state index in [2.05, 4.69) is 10.1 Å². The Morgan fingerprint density at radius 1 is 1.10 bits per heavy atom. The summed E-state index contributed by atoms with van der Waals surface area (Å²) in [5.74, 6) is 0.319. The molecule has 0 aliphatic carbocycles. The van der Waals surface area contributed by atoms with Crippen molar-refractivity contribution in [1.82, 2.24) is 9.29 Å². The van der Waals surface area contributed by atoms with Gasteiger partial charge in [0.1, 0.15) is 5.75 Å². The van der Waals surface area contributed by atoms with Gasteiger partial charge in [0.25, 0.3) is 5.91 Å². The number of thiazole rings is 1. The molecule has 39 heavy (non-hydrogen) atoms. The van der Waals surface area contributed by atoms with E-state index in [1.165, 1.54) is 44.9 Å². The summed E-state index contributed by atoms with van der Waals surface area (Å²) >= 11 is 1.36. The van der Waals surface area contributed by atoms with Crippen molar-refractivity contribution in [3.8, 4) is 5.75 Å². The first kappa shape index (κ1) is 26.9. The van der Waals surface area contributed by atoms with E-state index in [1.807, 2.05) is 56.3 Å². The van der Waals surface area contributed by atoms with Gasteiger partial charge in [0.15, 0.2) is 0 Å². The molecule has 0 N–H and O–H groups in total. The molecule has 1 aromatic heterocycles. The van der Waals surface area contributed by atoms with Crippen molar-refractivity contribution >= 4 is 48.8 Å². The fourth-order valence-electron chi connectivity index (χ4n) is 4.07. The van der Waals surface area contributed by atoms with Crippen LogP contribution in [0, 0.1) is 6.92 Å². The number of amides is 1. The molecule has 202 valence electrons. The number of benzene rings is 3. The Hall–Kier alpha value is -3.64. The molecule has 0 spiro atoms. The summed E-state index contributed by atoms with van der Waals surface area (Å²) in [4.78, 5) is 18.5. The number of carbonyl (C=O) groups is 1. The average Bonchev–Trinajstić information content (AvgIpc) is 3.37. The van der Waals surface area contributed by atoms with Gasteiger partial charge in [-0.3, -0.25) is 4.79 Å². The zero-order valence-electron chi connectivity index (χ0n) is 21.6. The van der Waals surface area contributed by atoms with Crippen LogP contribution in [0.15, 0.2) is 76.7 Å². The lowest BCUT2D eigenvalue weighted by molar-refractivity contribution is 0.0730. The van der Waals surface area contributed by atoms with E-state index in [-0.39, 0.29) is 10.5 Å². The molecule has 0 radical (unpaired) electrons. The molecule has 1 amide bonds. The van der Waals surface area contributed by atoms with E-state index in [0.29, 0.717) is 38.0 Å². The van der Waals surface area contributed by atoms with E-state index < -0.39 is 15.9 Å². The van der Waals surface area contributed by atoms with Crippen LogP contribution >= 0.6 is 11.3 Å². The number of aromatic nitrogens is 1. The number of fused-ring (bicyclic) bond motifs is 1. The number of aryl methyl sites for hydroxylation is 1. The molecule has 1 aliphatic rings. The maximum atomic E-state index is 13.7. The number of hydrogen-bond acceptors (Lipinski definition) is 8. The normalized spacial score (nSPS) is 14.6. The minimum absolute atomic E-state index is 0.126. The van der Waals surface area contributed by atoms with Crippen molar-refractivity contribution in [2.75, 3.05) is 37.9 Å². The Morgan fingerprint density at radius 3 is 2.51 bits per heavy atom. The molecule has 1 saturated heterocycles. The van der Waals surface area contributed by atoms with Crippen LogP contribution in [-0.2, 0) is 14.8 Å². The van der Waals surface area contributed by atoms with Crippen LogP contribution in [0.3, 0.4) is 0 Å². The smallest absolute Gasteiger partial charge is 0.280 e. The topological polar surface area (TPSA) is 101 Å². The van der Waals surface area contributed by atoms with Crippen molar-refractivity contribution in [2.24, 2.45) is 5.10 Å². The Labute approximate surface area is 231 Å². The van der Waals surface area contributed by atoms with Gasteiger partial charge in [-0.1, -0.05) is 17.4 Å². The second-order valence-electron chi connectivity index (χ2n) is 8.87. The van der Waals surface area contributed by atoms with E-state index in [1.54, 1.807) is 6.21 Å². The lowest BCUT2D eigenvalue weighted by Crippen LogP contribution is -2.40. The first-order valence-electron chi connectivity index (χ1n) is 12.5. The number of ether oxygens (including phenoxy) is 2. The van der Waals surface area contributed by atoms with Crippen molar-refractivity contribution < 1.29 is 22.7 Å². The Bertz CT molecular complexity index is 1590. The van der Waals surface area contributed by atoms with Crippen molar-refractivity contribution in [3.63, 3.8) is 0 Å². The minimum Gasteiger partial charge on any atom is -0.494 e. The summed E-state index contributed by atoms with van der Waals surface area (Å²) < 4.78 is 39.1. The lowest BCUT2D eigenvalue weighted by Gasteiger charge is -2.26. The van der Waals surface area contributed by atoms with Crippen LogP contribution in [0.2, 0.25) is 0 Å². The van der Waals surface area contributed by atoms with Crippen LogP contribution in [0.1, 0.15) is 28.4 Å². The third kappa shape index (κ3) is 6.01. The van der Waals surface area contributed by atoms with Crippen molar-refractivity contribution in [3.05, 3.63) is 83.4 Å². The summed E-state index contributed by atoms with van der Waals surface area (Å²) in [5, 5.41) is 6.17. The molecule has 9 nitrogen and oxygen atoms in total. The molecule has 3 aromatic carbocycles. The Morgan fingerprint density at radius 2 is 1.82 bits per heavy atom. The van der Waals surface area contributed by atoms with Gasteiger partial charge in [0.2, 0.25) is 15.2 Å². The van der Waals surface area contributed by atoms with Gasteiger partial charge in [0, 0.05) is 18.7 Å². The first-order valence-corrected chi connectivity index (χ1v) is 14.8.